The zero-order chi connectivity index (χ0) is 14.0. The number of morpholine rings is 1. The fourth-order valence-corrected chi connectivity index (χ4v) is 3.27. The van der Waals surface area contributed by atoms with Crippen LogP contribution in [-0.2, 0) is 16.0 Å². The molecule has 3 rings (SSSR count). The monoisotopic (exact) mass is 272 g/mol. The normalized spacial score (nSPS) is 30.5. The Morgan fingerprint density at radius 3 is 3.05 bits per heavy atom. The average molecular weight is 272 g/mol. The molecule has 4 nitrogen and oxygen atoms in total. The van der Waals surface area contributed by atoms with Gasteiger partial charge in [-0.3, -0.25) is 4.90 Å². The lowest BCUT2D eigenvalue weighted by Gasteiger charge is -2.43. The van der Waals surface area contributed by atoms with Crippen LogP contribution in [0.3, 0.4) is 0 Å². The Morgan fingerprint density at radius 2 is 2.30 bits per heavy atom. The van der Waals surface area contributed by atoms with Crippen LogP contribution in [0.5, 0.6) is 0 Å². The number of hydrogen-bond acceptors (Lipinski definition) is 4. The second-order valence-corrected chi connectivity index (χ2v) is 5.85. The summed E-state index contributed by atoms with van der Waals surface area (Å²) >= 11 is 0. The number of ether oxygens (including phenoxy) is 2. The van der Waals surface area contributed by atoms with Crippen molar-refractivity contribution in [2.24, 2.45) is 0 Å². The quantitative estimate of drug-likeness (QED) is 0.825. The molecule has 1 aromatic carbocycles. The first-order valence-corrected chi connectivity index (χ1v) is 7.17. The summed E-state index contributed by atoms with van der Waals surface area (Å²) in [6.45, 7) is 6.18. The molecule has 0 radical (unpaired) electrons. The molecule has 0 aliphatic carbocycles. The molecule has 0 amide bonds. The smallest absolute Gasteiger partial charge is 0.107 e. The Morgan fingerprint density at radius 1 is 1.45 bits per heavy atom. The van der Waals surface area contributed by atoms with Crippen molar-refractivity contribution >= 4 is 0 Å². The summed E-state index contributed by atoms with van der Waals surface area (Å²) in [6.07, 6.45) is 1.17. The van der Waals surface area contributed by atoms with Crippen molar-refractivity contribution in [2.75, 3.05) is 26.3 Å². The summed E-state index contributed by atoms with van der Waals surface area (Å²) in [5.41, 5.74) is 1.72. The molecular formula is C16H20N2O2. The highest BCUT2D eigenvalue weighted by atomic mass is 16.6. The molecule has 0 aromatic heterocycles. The molecule has 20 heavy (non-hydrogen) atoms. The van der Waals surface area contributed by atoms with Crippen molar-refractivity contribution < 1.29 is 9.47 Å². The Kier molecular flexibility index (Phi) is 3.75. The highest BCUT2D eigenvalue weighted by molar-refractivity contribution is 5.37. The van der Waals surface area contributed by atoms with E-state index in [-0.39, 0.29) is 11.7 Å². The van der Waals surface area contributed by atoms with E-state index in [1.165, 1.54) is 0 Å². The maximum absolute atomic E-state index is 9.19. The Bertz CT molecular complexity index is 517. The number of rotatable bonds is 2. The third-order valence-electron chi connectivity index (χ3n) is 4.08. The van der Waals surface area contributed by atoms with Crippen LogP contribution in [0.1, 0.15) is 24.5 Å². The van der Waals surface area contributed by atoms with Gasteiger partial charge >= 0.3 is 0 Å². The number of benzene rings is 1. The van der Waals surface area contributed by atoms with Gasteiger partial charge in [-0.15, -0.1) is 0 Å². The highest BCUT2D eigenvalue weighted by Gasteiger charge is 2.42. The van der Waals surface area contributed by atoms with Crippen LogP contribution in [-0.4, -0.2) is 42.9 Å². The maximum Gasteiger partial charge on any atom is 0.107 e. The van der Waals surface area contributed by atoms with E-state index in [9.17, 15) is 5.26 Å². The van der Waals surface area contributed by atoms with E-state index in [2.05, 4.69) is 17.9 Å². The molecule has 2 aliphatic rings. The molecule has 0 bridgehead atoms. The van der Waals surface area contributed by atoms with Gasteiger partial charge in [0, 0.05) is 32.7 Å². The lowest BCUT2D eigenvalue weighted by Crippen LogP contribution is -2.55. The minimum Gasteiger partial charge on any atom is -0.378 e. The summed E-state index contributed by atoms with van der Waals surface area (Å²) < 4.78 is 11.7. The van der Waals surface area contributed by atoms with Gasteiger partial charge in [-0.1, -0.05) is 18.2 Å². The Balaban J connectivity index is 1.75. The van der Waals surface area contributed by atoms with Crippen molar-refractivity contribution in [1.82, 2.24) is 4.90 Å². The van der Waals surface area contributed by atoms with Crippen LogP contribution in [0.4, 0.5) is 0 Å². The first kappa shape index (κ1) is 13.6. The van der Waals surface area contributed by atoms with E-state index >= 15 is 0 Å². The predicted molar refractivity (Wildman–Crippen MR) is 75.1 cm³/mol. The maximum atomic E-state index is 9.19. The molecular weight excluding hydrogens is 252 g/mol. The van der Waals surface area contributed by atoms with Crippen LogP contribution in [0, 0.1) is 11.3 Å². The van der Waals surface area contributed by atoms with Crippen molar-refractivity contribution in [3.8, 4) is 6.07 Å². The van der Waals surface area contributed by atoms with E-state index in [0.29, 0.717) is 6.61 Å². The van der Waals surface area contributed by atoms with Crippen LogP contribution in [0.15, 0.2) is 24.3 Å². The predicted octanol–water partition coefficient (Wildman–Crippen LogP) is 1.94. The minimum atomic E-state index is -0.140. The van der Waals surface area contributed by atoms with Crippen molar-refractivity contribution in [3.63, 3.8) is 0 Å². The molecule has 2 atom stereocenters. The highest BCUT2D eigenvalue weighted by Crippen LogP contribution is 2.30. The molecule has 0 saturated carbocycles. The van der Waals surface area contributed by atoms with Gasteiger partial charge in [-0.2, -0.15) is 5.26 Å². The molecule has 4 heteroatoms. The summed E-state index contributed by atoms with van der Waals surface area (Å²) in [5, 5.41) is 9.19. The SMILES string of the molecule is C[C@H]1CN(Cc2ccccc2C#N)C[C@]2(CCOC2)O1. The van der Waals surface area contributed by atoms with Gasteiger partial charge in [0.2, 0.25) is 0 Å². The standard InChI is InChI=1S/C16H20N2O2/c1-13-9-18(11-16(20-13)6-7-19-12-16)10-15-5-3-2-4-14(15)8-17/h2-5,13H,6-7,9-12H2,1H3/t13-,16-/m0/s1. The third kappa shape index (κ3) is 2.71. The second kappa shape index (κ2) is 5.53. The van der Waals surface area contributed by atoms with Gasteiger partial charge in [0.05, 0.1) is 24.3 Å². The zero-order valence-electron chi connectivity index (χ0n) is 11.8. The van der Waals surface area contributed by atoms with E-state index in [1.807, 2.05) is 24.3 Å². The summed E-state index contributed by atoms with van der Waals surface area (Å²) in [6, 6.07) is 10.1. The molecule has 0 N–H and O–H groups in total. The molecule has 1 spiro atoms. The lowest BCUT2D eigenvalue weighted by atomic mass is 9.98. The third-order valence-corrected chi connectivity index (χ3v) is 4.08. The van der Waals surface area contributed by atoms with Crippen molar-refractivity contribution in [3.05, 3.63) is 35.4 Å². The van der Waals surface area contributed by atoms with Gasteiger partial charge in [0.15, 0.2) is 0 Å². The molecule has 106 valence electrons. The molecule has 2 aliphatic heterocycles. The van der Waals surface area contributed by atoms with E-state index in [1.54, 1.807) is 0 Å². The van der Waals surface area contributed by atoms with E-state index in [0.717, 1.165) is 43.8 Å². The Hall–Kier alpha value is -1.41. The van der Waals surface area contributed by atoms with Gasteiger partial charge in [-0.25, -0.2) is 0 Å². The molecule has 2 fully saturated rings. The molecule has 2 heterocycles. The van der Waals surface area contributed by atoms with Gasteiger partial charge < -0.3 is 9.47 Å². The number of nitriles is 1. The second-order valence-electron chi connectivity index (χ2n) is 5.85. The lowest BCUT2D eigenvalue weighted by molar-refractivity contribution is -0.149. The summed E-state index contributed by atoms with van der Waals surface area (Å²) in [5.74, 6) is 0. The zero-order valence-corrected chi connectivity index (χ0v) is 11.8. The minimum absolute atomic E-state index is 0.140. The Labute approximate surface area is 119 Å². The molecule has 2 saturated heterocycles. The molecule has 1 aromatic rings. The van der Waals surface area contributed by atoms with Gasteiger partial charge in [0.1, 0.15) is 5.60 Å². The summed E-state index contributed by atoms with van der Waals surface area (Å²) in [7, 11) is 0. The average Bonchev–Trinajstić information content (AvgIpc) is 2.86. The van der Waals surface area contributed by atoms with Gasteiger partial charge in [-0.05, 0) is 18.6 Å². The number of nitrogens with zero attached hydrogens (tertiary/aromatic N) is 2. The first-order valence-electron chi connectivity index (χ1n) is 7.17. The van der Waals surface area contributed by atoms with E-state index in [4.69, 9.17) is 9.47 Å². The molecule has 0 unspecified atom stereocenters. The topological polar surface area (TPSA) is 45.5 Å². The van der Waals surface area contributed by atoms with Crippen molar-refractivity contribution in [1.29, 1.82) is 5.26 Å². The van der Waals surface area contributed by atoms with Crippen LogP contribution >= 0.6 is 0 Å². The van der Waals surface area contributed by atoms with Crippen LogP contribution in [0.2, 0.25) is 0 Å². The van der Waals surface area contributed by atoms with Crippen LogP contribution in [0.25, 0.3) is 0 Å². The fourth-order valence-electron chi connectivity index (χ4n) is 3.27. The largest absolute Gasteiger partial charge is 0.378 e. The number of hydrogen-bond donors (Lipinski definition) is 0. The van der Waals surface area contributed by atoms with E-state index < -0.39 is 0 Å². The van der Waals surface area contributed by atoms with Gasteiger partial charge in [0.25, 0.3) is 0 Å². The van der Waals surface area contributed by atoms with Crippen molar-refractivity contribution in [2.45, 2.75) is 31.6 Å². The summed E-state index contributed by atoms with van der Waals surface area (Å²) in [4.78, 5) is 2.39. The fraction of sp³-hybridized carbons (Fsp3) is 0.562. The first-order chi connectivity index (χ1) is 9.71. The van der Waals surface area contributed by atoms with Crippen LogP contribution < -0.4 is 0 Å².